The molecule has 0 unspecified atom stereocenters. The summed E-state index contributed by atoms with van der Waals surface area (Å²) in [5.74, 6) is 0. The molecule has 156 valence electrons. The number of alkyl carbamates (subject to hydrolysis) is 1. The Morgan fingerprint density at radius 1 is 1.00 bits per heavy atom. The van der Waals surface area contributed by atoms with Crippen LogP contribution in [0.3, 0.4) is 0 Å². The number of amides is 1. The summed E-state index contributed by atoms with van der Waals surface area (Å²) in [6.07, 6.45) is 0.237. The summed E-state index contributed by atoms with van der Waals surface area (Å²) >= 11 is 5.45. The Morgan fingerprint density at radius 3 is 2.17 bits per heavy atom. The van der Waals surface area contributed by atoms with E-state index in [9.17, 15) is 4.79 Å². The number of hydrogen-bond acceptors (Lipinski definition) is 3. The van der Waals surface area contributed by atoms with Gasteiger partial charge in [-0.3, -0.25) is 0 Å². The van der Waals surface area contributed by atoms with Crippen LogP contribution in [-0.4, -0.2) is 29.4 Å². The van der Waals surface area contributed by atoms with E-state index >= 15 is 0 Å². The molecule has 0 heterocycles. The molecule has 5 nitrogen and oxygen atoms in total. The quantitative estimate of drug-likeness (QED) is 0.589. The van der Waals surface area contributed by atoms with Gasteiger partial charge in [0.05, 0.1) is 12.1 Å². The average Bonchev–Trinajstić information content (AvgIpc) is 2.66. The third kappa shape index (κ3) is 8.96. The minimum atomic E-state index is -0.545. The normalized spacial score (nSPS) is 13.1. The summed E-state index contributed by atoms with van der Waals surface area (Å²) in [5, 5.41) is 10.0. The second kappa shape index (κ2) is 10.8. The minimum Gasteiger partial charge on any atom is -0.444 e. The number of rotatable bonds is 7. The SMILES string of the molecule is C[C@H](NC(=S)NC[C@H](Cc1ccccc1)NC(=O)OC(C)(C)C)c1ccccc1. The van der Waals surface area contributed by atoms with Crippen molar-refractivity contribution in [2.45, 2.75) is 51.8 Å². The number of carbonyl (C=O) groups excluding carboxylic acids is 1. The monoisotopic (exact) mass is 413 g/mol. The molecule has 3 N–H and O–H groups in total. The molecular weight excluding hydrogens is 382 g/mol. The first-order chi connectivity index (χ1) is 13.7. The zero-order chi connectivity index (χ0) is 21.3. The number of nitrogens with one attached hydrogen (secondary N) is 3. The predicted octanol–water partition coefficient (Wildman–Crippen LogP) is 4.35. The molecule has 0 aliphatic heterocycles. The van der Waals surface area contributed by atoms with Crippen LogP contribution in [0.1, 0.15) is 44.9 Å². The highest BCUT2D eigenvalue weighted by Gasteiger charge is 2.20. The van der Waals surface area contributed by atoms with Gasteiger partial charge in [0.2, 0.25) is 0 Å². The van der Waals surface area contributed by atoms with Crippen molar-refractivity contribution in [2.75, 3.05) is 6.54 Å². The van der Waals surface area contributed by atoms with Gasteiger partial charge >= 0.3 is 6.09 Å². The topological polar surface area (TPSA) is 62.4 Å². The molecule has 0 aromatic heterocycles. The van der Waals surface area contributed by atoms with Crippen LogP contribution in [-0.2, 0) is 11.2 Å². The van der Waals surface area contributed by atoms with Gasteiger partial charge in [0, 0.05) is 6.54 Å². The molecule has 0 radical (unpaired) electrons. The highest BCUT2D eigenvalue weighted by atomic mass is 32.1. The lowest BCUT2D eigenvalue weighted by atomic mass is 10.1. The molecule has 29 heavy (non-hydrogen) atoms. The lowest BCUT2D eigenvalue weighted by molar-refractivity contribution is 0.0505. The van der Waals surface area contributed by atoms with E-state index in [1.165, 1.54) is 0 Å². The summed E-state index contributed by atoms with van der Waals surface area (Å²) in [4.78, 5) is 12.3. The Morgan fingerprint density at radius 2 is 1.59 bits per heavy atom. The lowest BCUT2D eigenvalue weighted by Crippen LogP contribution is -2.48. The minimum absolute atomic E-state index is 0.0857. The second-order valence-electron chi connectivity index (χ2n) is 8.02. The molecule has 0 saturated carbocycles. The molecule has 2 atom stereocenters. The molecule has 6 heteroatoms. The maximum Gasteiger partial charge on any atom is 0.407 e. The molecule has 2 rings (SSSR count). The Hall–Kier alpha value is -2.60. The number of hydrogen-bond donors (Lipinski definition) is 3. The Balaban J connectivity index is 1.93. The second-order valence-corrected chi connectivity index (χ2v) is 8.43. The molecular formula is C23H31N3O2S. The summed E-state index contributed by atoms with van der Waals surface area (Å²) in [7, 11) is 0. The van der Waals surface area contributed by atoms with Crippen LogP contribution in [0.15, 0.2) is 60.7 Å². The first-order valence-electron chi connectivity index (χ1n) is 9.85. The summed E-state index contributed by atoms with van der Waals surface area (Å²) < 4.78 is 5.41. The molecule has 2 aromatic carbocycles. The third-order valence-corrected chi connectivity index (χ3v) is 4.46. The largest absolute Gasteiger partial charge is 0.444 e. The molecule has 0 aliphatic rings. The molecule has 1 amide bonds. The molecule has 0 fully saturated rings. The van der Waals surface area contributed by atoms with Crippen LogP contribution in [0.5, 0.6) is 0 Å². The van der Waals surface area contributed by atoms with Crippen molar-refractivity contribution in [1.82, 2.24) is 16.0 Å². The van der Waals surface area contributed by atoms with Gasteiger partial charge in [0.1, 0.15) is 5.60 Å². The van der Waals surface area contributed by atoms with E-state index in [0.717, 1.165) is 11.1 Å². The van der Waals surface area contributed by atoms with Gasteiger partial charge in [-0.2, -0.15) is 0 Å². The van der Waals surface area contributed by atoms with E-state index in [0.29, 0.717) is 18.1 Å². The summed E-state index contributed by atoms with van der Waals surface area (Å²) in [5.41, 5.74) is 1.74. The van der Waals surface area contributed by atoms with Crippen molar-refractivity contribution in [3.63, 3.8) is 0 Å². The van der Waals surface area contributed by atoms with E-state index < -0.39 is 11.7 Å². The van der Waals surface area contributed by atoms with Crippen molar-refractivity contribution >= 4 is 23.4 Å². The summed E-state index contributed by atoms with van der Waals surface area (Å²) in [6, 6.07) is 20.1. The van der Waals surface area contributed by atoms with Crippen LogP contribution in [0.25, 0.3) is 0 Å². The highest BCUT2D eigenvalue weighted by molar-refractivity contribution is 7.80. The van der Waals surface area contributed by atoms with E-state index in [1.54, 1.807) is 0 Å². The molecule has 0 aliphatic carbocycles. The Kier molecular flexibility index (Phi) is 8.46. The van der Waals surface area contributed by atoms with Crippen molar-refractivity contribution in [1.29, 1.82) is 0 Å². The number of ether oxygens (including phenoxy) is 1. The zero-order valence-corrected chi connectivity index (χ0v) is 18.4. The molecule has 0 saturated heterocycles. The number of carbonyl (C=O) groups is 1. The first kappa shape index (κ1) is 22.7. The molecule has 0 spiro atoms. The van der Waals surface area contributed by atoms with Crippen LogP contribution in [0.4, 0.5) is 4.79 Å². The van der Waals surface area contributed by atoms with Crippen molar-refractivity contribution in [2.24, 2.45) is 0 Å². The van der Waals surface area contributed by atoms with E-state index in [-0.39, 0.29) is 12.1 Å². The van der Waals surface area contributed by atoms with Gasteiger partial charge in [-0.05, 0) is 57.5 Å². The third-order valence-electron chi connectivity index (χ3n) is 4.20. The Labute approximate surface area is 179 Å². The van der Waals surface area contributed by atoms with Crippen molar-refractivity contribution in [3.8, 4) is 0 Å². The van der Waals surface area contributed by atoms with Crippen LogP contribution in [0, 0.1) is 0 Å². The zero-order valence-electron chi connectivity index (χ0n) is 17.6. The van der Waals surface area contributed by atoms with Gasteiger partial charge in [-0.25, -0.2) is 4.79 Å². The summed E-state index contributed by atoms with van der Waals surface area (Å²) in [6.45, 7) is 8.09. The maximum atomic E-state index is 12.3. The van der Waals surface area contributed by atoms with E-state index in [4.69, 9.17) is 17.0 Å². The highest BCUT2D eigenvalue weighted by Crippen LogP contribution is 2.11. The van der Waals surface area contributed by atoms with Gasteiger partial charge in [0.25, 0.3) is 0 Å². The number of benzene rings is 2. The van der Waals surface area contributed by atoms with Crippen molar-refractivity contribution in [3.05, 3.63) is 71.8 Å². The molecule has 2 aromatic rings. The van der Waals surface area contributed by atoms with Crippen LogP contribution in [0.2, 0.25) is 0 Å². The first-order valence-corrected chi connectivity index (χ1v) is 10.3. The average molecular weight is 414 g/mol. The number of thiocarbonyl (C=S) groups is 1. The van der Waals surface area contributed by atoms with Gasteiger partial charge in [-0.1, -0.05) is 60.7 Å². The molecule has 0 bridgehead atoms. The van der Waals surface area contributed by atoms with E-state index in [2.05, 4.69) is 35.0 Å². The standard InChI is InChI=1S/C23H31N3O2S/c1-17(19-13-9-6-10-14-19)25-21(29)24-16-20(15-18-11-7-5-8-12-18)26-22(27)28-23(2,3)4/h5-14,17,20H,15-16H2,1-4H3,(H,26,27)(H2,24,25,29)/t17-,20-/m0/s1. The smallest absolute Gasteiger partial charge is 0.407 e. The van der Waals surface area contributed by atoms with Crippen molar-refractivity contribution < 1.29 is 9.53 Å². The van der Waals surface area contributed by atoms with Crippen LogP contribution >= 0.6 is 12.2 Å². The maximum absolute atomic E-state index is 12.3. The fraction of sp³-hybridized carbons (Fsp3) is 0.391. The fourth-order valence-electron chi connectivity index (χ4n) is 2.84. The van der Waals surface area contributed by atoms with Gasteiger partial charge in [0.15, 0.2) is 5.11 Å². The van der Waals surface area contributed by atoms with Gasteiger partial charge in [-0.15, -0.1) is 0 Å². The Bertz CT molecular complexity index is 776. The lowest BCUT2D eigenvalue weighted by Gasteiger charge is -2.25. The van der Waals surface area contributed by atoms with E-state index in [1.807, 2.05) is 69.3 Å². The van der Waals surface area contributed by atoms with Gasteiger partial charge < -0.3 is 20.7 Å². The fourth-order valence-corrected chi connectivity index (χ4v) is 3.10. The van der Waals surface area contributed by atoms with Crippen LogP contribution < -0.4 is 16.0 Å². The predicted molar refractivity (Wildman–Crippen MR) is 122 cm³/mol.